The molecule has 0 atom stereocenters. The van der Waals surface area contributed by atoms with Gasteiger partial charge in [0.05, 0.1) is 0 Å². The molecule has 1 nitrogen and oxygen atoms in total. The highest BCUT2D eigenvalue weighted by Gasteiger charge is 2.20. The van der Waals surface area contributed by atoms with Crippen molar-refractivity contribution >= 4 is 23.2 Å². The highest BCUT2D eigenvalue weighted by atomic mass is 35.5. The van der Waals surface area contributed by atoms with Crippen molar-refractivity contribution in [1.29, 1.82) is 0 Å². The number of nitrogens with one attached hydrogen (secondary N) is 1. The molecule has 0 heterocycles. The lowest BCUT2D eigenvalue weighted by atomic mass is 9.99. The molecular formula is C16H15Cl2N. The Labute approximate surface area is 123 Å². The molecule has 2 aromatic rings. The van der Waals surface area contributed by atoms with Crippen LogP contribution >= 0.6 is 23.2 Å². The molecule has 98 valence electrons. The lowest BCUT2D eigenvalue weighted by Gasteiger charge is -2.12. The van der Waals surface area contributed by atoms with Gasteiger partial charge < -0.3 is 5.32 Å². The largest absolute Gasteiger partial charge is 0.310 e. The number of hydrogen-bond acceptors (Lipinski definition) is 1. The average Bonchev–Trinajstić information content (AvgIpc) is 3.24. The van der Waals surface area contributed by atoms with Crippen LogP contribution in [-0.4, -0.2) is 6.04 Å². The quantitative estimate of drug-likeness (QED) is 0.844. The molecule has 2 aromatic carbocycles. The van der Waals surface area contributed by atoms with Crippen molar-refractivity contribution in [2.45, 2.75) is 25.4 Å². The van der Waals surface area contributed by atoms with Crippen LogP contribution in [0.5, 0.6) is 0 Å². The molecule has 0 radical (unpaired) electrons. The first kappa shape index (κ1) is 13.0. The molecule has 1 aliphatic rings. The summed E-state index contributed by atoms with van der Waals surface area (Å²) in [6.45, 7) is 0.879. The van der Waals surface area contributed by atoms with E-state index in [0.717, 1.165) is 22.7 Å². The van der Waals surface area contributed by atoms with Gasteiger partial charge in [-0.1, -0.05) is 47.5 Å². The Morgan fingerprint density at radius 3 is 2.58 bits per heavy atom. The monoisotopic (exact) mass is 291 g/mol. The molecule has 0 amide bonds. The Morgan fingerprint density at radius 2 is 1.79 bits per heavy atom. The zero-order valence-corrected chi connectivity index (χ0v) is 12.0. The fourth-order valence-corrected chi connectivity index (χ4v) is 2.57. The zero-order chi connectivity index (χ0) is 13.2. The minimum atomic E-state index is 0.697. The van der Waals surface area contributed by atoms with Crippen LogP contribution in [-0.2, 0) is 6.54 Å². The standard InChI is InChI=1S/C16H15Cl2N/c17-12-5-8-16(18)15(9-12)14-4-2-1-3-11(14)10-19-13-6-7-13/h1-5,8-9,13,19H,6-7,10H2. The summed E-state index contributed by atoms with van der Waals surface area (Å²) >= 11 is 12.4. The van der Waals surface area contributed by atoms with Crippen LogP contribution < -0.4 is 5.32 Å². The van der Waals surface area contributed by atoms with Crippen molar-refractivity contribution in [2.75, 3.05) is 0 Å². The lowest BCUT2D eigenvalue weighted by Crippen LogP contribution is -2.15. The summed E-state index contributed by atoms with van der Waals surface area (Å²) in [5, 5.41) is 4.99. The molecule has 0 aliphatic heterocycles. The van der Waals surface area contributed by atoms with Gasteiger partial charge in [0.15, 0.2) is 0 Å². The van der Waals surface area contributed by atoms with E-state index in [-0.39, 0.29) is 0 Å². The van der Waals surface area contributed by atoms with Crippen LogP contribution in [0.1, 0.15) is 18.4 Å². The van der Waals surface area contributed by atoms with Gasteiger partial charge in [-0.25, -0.2) is 0 Å². The van der Waals surface area contributed by atoms with Crippen molar-refractivity contribution in [3.63, 3.8) is 0 Å². The smallest absolute Gasteiger partial charge is 0.0485 e. The van der Waals surface area contributed by atoms with Gasteiger partial charge in [0.25, 0.3) is 0 Å². The van der Waals surface area contributed by atoms with E-state index >= 15 is 0 Å². The molecule has 3 heteroatoms. The van der Waals surface area contributed by atoms with Gasteiger partial charge in [-0.2, -0.15) is 0 Å². The van der Waals surface area contributed by atoms with Crippen LogP contribution in [0.15, 0.2) is 42.5 Å². The Morgan fingerprint density at radius 1 is 1.00 bits per heavy atom. The summed E-state index contributed by atoms with van der Waals surface area (Å²) in [4.78, 5) is 0. The van der Waals surface area contributed by atoms with Crippen molar-refractivity contribution in [3.8, 4) is 11.1 Å². The maximum atomic E-state index is 6.30. The molecule has 0 spiro atoms. The third kappa shape index (κ3) is 3.11. The fourth-order valence-electron chi connectivity index (χ4n) is 2.18. The summed E-state index contributed by atoms with van der Waals surface area (Å²) in [7, 11) is 0. The van der Waals surface area contributed by atoms with E-state index in [9.17, 15) is 0 Å². The molecule has 1 aliphatic carbocycles. The van der Waals surface area contributed by atoms with Gasteiger partial charge >= 0.3 is 0 Å². The Hall–Kier alpha value is -1.02. The summed E-state index contributed by atoms with van der Waals surface area (Å²) in [6, 6.07) is 14.6. The maximum absolute atomic E-state index is 6.30. The zero-order valence-electron chi connectivity index (χ0n) is 10.5. The van der Waals surface area contributed by atoms with Gasteiger partial charge in [-0.3, -0.25) is 0 Å². The molecule has 0 bridgehead atoms. The topological polar surface area (TPSA) is 12.0 Å². The molecule has 0 aromatic heterocycles. The summed E-state index contributed by atoms with van der Waals surface area (Å²) in [5.74, 6) is 0. The van der Waals surface area contributed by atoms with E-state index in [0.29, 0.717) is 11.1 Å². The summed E-state index contributed by atoms with van der Waals surface area (Å²) < 4.78 is 0. The van der Waals surface area contributed by atoms with Gasteiger partial charge in [-0.05, 0) is 42.2 Å². The van der Waals surface area contributed by atoms with E-state index in [1.807, 2.05) is 24.3 Å². The molecule has 0 unspecified atom stereocenters. The highest BCUT2D eigenvalue weighted by Crippen LogP contribution is 2.33. The molecule has 19 heavy (non-hydrogen) atoms. The van der Waals surface area contributed by atoms with Gasteiger partial charge in [-0.15, -0.1) is 0 Å². The van der Waals surface area contributed by atoms with E-state index in [4.69, 9.17) is 23.2 Å². The summed E-state index contributed by atoms with van der Waals surface area (Å²) in [5.41, 5.74) is 3.42. The average molecular weight is 292 g/mol. The van der Waals surface area contributed by atoms with Crippen LogP contribution in [0.4, 0.5) is 0 Å². The van der Waals surface area contributed by atoms with Crippen molar-refractivity contribution < 1.29 is 0 Å². The van der Waals surface area contributed by atoms with Crippen LogP contribution in [0.2, 0.25) is 10.0 Å². The highest BCUT2D eigenvalue weighted by molar-refractivity contribution is 6.35. The molecule has 0 saturated heterocycles. The Balaban J connectivity index is 1.95. The third-order valence-corrected chi connectivity index (χ3v) is 3.96. The van der Waals surface area contributed by atoms with E-state index in [1.165, 1.54) is 18.4 Å². The SMILES string of the molecule is Clc1ccc(Cl)c(-c2ccccc2CNC2CC2)c1. The fraction of sp³-hybridized carbons (Fsp3) is 0.250. The first-order valence-corrected chi connectivity index (χ1v) is 7.26. The normalized spacial score (nSPS) is 14.6. The second-order valence-electron chi connectivity index (χ2n) is 4.94. The minimum absolute atomic E-state index is 0.697. The molecule has 1 N–H and O–H groups in total. The van der Waals surface area contributed by atoms with Gasteiger partial charge in [0, 0.05) is 28.2 Å². The van der Waals surface area contributed by atoms with Crippen LogP contribution in [0.25, 0.3) is 11.1 Å². The van der Waals surface area contributed by atoms with Gasteiger partial charge in [0.2, 0.25) is 0 Å². The molecular weight excluding hydrogens is 277 g/mol. The van der Waals surface area contributed by atoms with Crippen molar-refractivity contribution in [3.05, 3.63) is 58.1 Å². The lowest BCUT2D eigenvalue weighted by molar-refractivity contribution is 0.689. The third-order valence-electron chi connectivity index (χ3n) is 3.39. The Bertz CT molecular complexity index is 591. The number of halogens is 2. The van der Waals surface area contributed by atoms with Crippen LogP contribution in [0, 0.1) is 0 Å². The number of rotatable bonds is 4. The first-order chi connectivity index (χ1) is 9.24. The van der Waals surface area contributed by atoms with E-state index < -0.39 is 0 Å². The van der Waals surface area contributed by atoms with Crippen molar-refractivity contribution in [2.24, 2.45) is 0 Å². The Kier molecular flexibility index (Phi) is 3.79. The van der Waals surface area contributed by atoms with Crippen molar-refractivity contribution in [1.82, 2.24) is 5.32 Å². The minimum Gasteiger partial charge on any atom is -0.310 e. The second kappa shape index (κ2) is 5.54. The molecule has 1 fully saturated rings. The first-order valence-electron chi connectivity index (χ1n) is 6.51. The van der Waals surface area contributed by atoms with Crippen LogP contribution in [0.3, 0.4) is 0 Å². The number of hydrogen-bond donors (Lipinski definition) is 1. The predicted molar refractivity (Wildman–Crippen MR) is 81.8 cm³/mol. The van der Waals surface area contributed by atoms with E-state index in [2.05, 4.69) is 23.5 Å². The number of benzene rings is 2. The van der Waals surface area contributed by atoms with E-state index in [1.54, 1.807) is 0 Å². The second-order valence-corrected chi connectivity index (χ2v) is 5.78. The maximum Gasteiger partial charge on any atom is 0.0485 e. The predicted octanol–water partition coefficient (Wildman–Crippen LogP) is 4.91. The molecule has 3 rings (SSSR count). The molecule has 1 saturated carbocycles. The summed E-state index contributed by atoms with van der Waals surface area (Å²) in [6.07, 6.45) is 2.58. The van der Waals surface area contributed by atoms with Gasteiger partial charge in [0.1, 0.15) is 0 Å².